The Labute approximate surface area is 108 Å². The van der Waals surface area contributed by atoms with Crippen molar-refractivity contribution >= 4 is 6.09 Å². The number of ether oxygens (including phenoxy) is 1. The van der Waals surface area contributed by atoms with Gasteiger partial charge in [0, 0.05) is 6.54 Å². The van der Waals surface area contributed by atoms with Crippen molar-refractivity contribution in [1.29, 1.82) is 0 Å². The van der Waals surface area contributed by atoms with E-state index in [-0.39, 0.29) is 12.1 Å². The fourth-order valence-electron chi connectivity index (χ4n) is 2.03. The van der Waals surface area contributed by atoms with Gasteiger partial charge < -0.3 is 4.74 Å². The Morgan fingerprint density at radius 1 is 1.33 bits per heavy atom. The molecule has 98 valence electrons. The number of nitrogens with zero attached hydrogens (tertiary/aromatic N) is 1. The standard InChI is InChI=1S/C14H20N2O2/c1-14(2,3)18-13(17)16-10-15-9-12(16)11-7-5-4-6-8-11/h4-8,12,15H,9-10H2,1-3H3. The Balaban J connectivity index is 2.11. The van der Waals surface area contributed by atoms with E-state index < -0.39 is 5.60 Å². The highest BCUT2D eigenvalue weighted by atomic mass is 16.6. The molecule has 1 aliphatic rings. The highest BCUT2D eigenvalue weighted by molar-refractivity contribution is 5.69. The highest BCUT2D eigenvalue weighted by Gasteiger charge is 2.32. The Morgan fingerprint density at radius 2 is 2.00 bits per heavy atom. The first-order valence-electron chi connectivity index (χ1n) is 6.23. The molecular formula is C14H20N2O2. The lowest BCUT2D eigenvalue weighted by Crippen LogP contribution is -2.37. The second-order valence-corrected chi connectivity index (χ2v) is 5.49. The molecule has 4 heteroatoms. The van der Waals surface area contributed by atoms with Crippen LogP contribution in [0.3, 0.4) is 0 Å². The van der Waals surface area contributed by atoms with Gasteiger partial charge in [-0.2, -0.15) is 0 Å². The summed E-state index contributed by atoms with van der Waals surface area (Å²) in [5, 5.41) is 3.21. The first kappa shape index (κ1) is 12.9. The van der Waals surface area contributed by atoms with Gasteiger partial charge in [-0.25, -0.2) is 4.79 Å². The number of carbonyl (C=O) groups excluding carboxylic acids is 1. The number of carbonyl (C=O) groups is 1. The van der Waals surface area contributed by atoms with Crippen LogP contribution in [0.4, 0.5) is 4.79 Å². The summed E-state index contributed by atoms with van der Waals surface area (Å²) in [4.78, 5) is 13.8. The zero-order valence-electron chi connectivity index (χ0n) is 11.1. The summed E-state index contributed by atoms with van der Waals surface area (Å²) in [5.74, 6) is 0. The van der Waals surface area contributed by atoms with Crippen LogP contribution in [0.5, 0.6) is 0 Å². The summed E-state index contributed by atoms with van der Waals surface area (Å²) in [7, 11) is 0. The summed E-state index contributed by atoms with van der Waals surface area (Å²) in [6.45, 7) is 6.95. The van der Waals surface area contributed by atoms with Crippen molar-refractivity contribution in [3.63, 3.8) is 0 Å². The van der Waals surface area contributed by atoms with Gasteiger partial charge in [-0.05, 0) is 26.3 Å². The molecule has 0 bridgehead atoms. The average molecular weight is 248 g/mol. The molecule has 1 saturated heterocycles. The smallest absolute Gasteiger partial charge is 0.411 e. The van der Waals surface area contributed by atoms with Crippen molar-refractivity contribution in [2.45, 2.75) is 32.4 Å². The van der Waals surface area contributed by atoms with Crippen LogP contribution in [0.25, 0.3) is 0 Å². The molecule has 0 aromatic heterocycles. The predicted octanol–water partition coefficient (Wildman–Crippen LogP) is 2.53. The minimum Gasteiger partial charge on any atom is -0.444 e. The molecule has 2 rings (SSSR count). The summed E-state index contributed by atoms with van der Waals surface area (Å²) >= 11 is 0. The third-order valence-electron chi connectivity index (χ3n) is 2.81. The molecule has 1 fully saturated rings. The molecule has 1 amide bonds. The van der Waals surface area contributed by atoms with E-state index in [4.69, 9.17) is 4.74 Å². The van der Waals surface area contributed by atoms with Crippen molar-refractivity contribution in [2.75, 3.05) is 13.2 Å². The summed E-state index contributed by atoms with van der Waals surface area (Å²) in [6.07, 6.45) is -0.263. The van der Waals surface area contributed by atoms with Crippen molar-refractivity contribution in [1.82, 2.24) is 10.2 Å². The lowest BCUT2D eigenvalue weighted by atomic mass is 10.1. The molecule has 1 heterocycles. The first-order chi connectivity index (χ1) is 8.47. The van der Waals surface area contributed by atoms with Gasteiger partial charge in [0.15, 0.2) is 0 Å². The van der Waals surface area contributed by atoms with E-state index in [0.717, 1.165) is 12.1 Å². The van der Waals surface area contributed by atoms with Crippen LogP contribution in [0.15, 0.2) is 30.3 Å². The molecule has 4 nitrogen and oxygen atoms in total. The minimum atomic E-state index is -0.457. The lowest BCUT2D eigenvalue weighted by Gasteiger charge is -2.28. The van der Waals surface area contributed by atoms with Crippen molar-refractivity contribution in [3.05, 3.63) is 35.9 Å². The van der Waals surface area contributed by atoms with Crippen LogP contribution in [0.1, 0.15) is 32.4 Å². The molecule has 1 N–H and O–H groups in total. The lowest BCUT2D eigenvalue weighted by molar-refractivity contribution is 0.0226. The SMILES string of the molecule is CC(C)(C)OC(=O)N1CNCC1c1ccccc1. The Bertz CT molecular complexity index is 412. The van der Waals surface area contributed by atoms with Crippen LogP contribution >= 0.6 is 0 Å². The van der Waals surface area contributed by atoms with Gasteiger partial charge in [0.25, 0.3) is 0 Å². The van der Waals surface area contributed by atoms with Crippen LogP contribution in [0, 0.1) is 0 Å². The van der Waals surface area contributed by atoms with Crippen molar-refractivity contribution < 1.29 is 9.53 Å². The third-order valence-corrected chi connectivity index (χ3v) is 2.81. The zero-order chi connectivity index (χ0) is 13.2. The van der Waals surface area contributed by atoms with Gasteiger partial charge in [-0.1, -0.05) is 30.3 Å². The highest BCUT2D eigenvalue weighted by Crippen LogP contribution is 2.25. The Kier molecular flexibility index (Phi) is 3.57. The van der Waals surface area contributed by atoms with Crippen LogP contribution < -0.4 is 5.32 Å². The average Bonchev–Trinajstić information content (AvgIpc) is 2.76. The van der Waals surface area contributed by atoms with E-state index in [9.17, 15) is 4.79 Å². The second kappa shape index (κ2) is 4.98. The molecule has 1 unspecified atom stereocenters. The van der Waals surface area contributed by atoms with Crippen molar-refractivity contribution in [3.8, 4) is 0 Å². The number of amides is 1. The Hall–Kier alpha value is -1.55. The van der Waals surface area contributed by atoms with Crippen LogP contribution in [-0.2, 0) is 4.74 Å². The Morgan fingerprint density at radius 3 is 2.61 bits per heavy atom. The maximum absolute atomic E-state index is 12.1. The number of hydrogen-bond acceptors (Lipinski definition) is 3. The summed E-state index contributed by atoms with van der Waals surface area (Å²) in [6, 6.07) is 10.1. The largest absolute Gasteiger partial charge is 0.444 e. The number of benzene rings is 1. The number of rotatable bonds is 1. The van der Waals surface area contributed by atoms with E-state index in [1.807, 2.05) is 51.1 Å². The minimum absolute atomic E-state index is 0.0565. The summed E-state index contributed by atoms with van der Waals surface area (Å²) < 4.78 is 5.42. The fourth-order valence-corrected chi connectivity index (χ4v) is 2.03. The predicted molar refractivity (Wildman–Crippen MR) is 70.1 cm³/mol. The maximum Gasteiger partial charge on any atom is 0.411 e. The molecule has 0 radical (unpaired) electrons. The van der Waals surface area contributed by atoms with E-state index in [1.165, 1.54) is 0 Å². The van der Waals surface area contributed by atoms with E-state index in [1.54, 1.807) is 4.90 Å². The summed E-state index contributed by atoms with van der Waals surface area (Å²) in [5.41, 5.74) is 0.675. The first-order valence-corrected chi connectivity index (χ1v) is 6.23. The fraction of sp³-hybridized carbons (Fsp3) is 0.500. The number of hydrogen-bond donors (Lipinski definition) is 1. The third kappa shape index (κ3) is 3.01. The zero-order valence-corrected chi connectivity index (χ0v) is 11.1. The quantitative estimate of drug-likeness (QED) is 0.830. The second-order valence-electron chi connectivity index (χ2n) is 5.49. The van der Waals surface area contributed by atoms with Crippen LogP contribution in [0.2, 0.25) is 0 Å². The molecule has 1 atom stereocenters. The molecule has 1 aromatic carbocycles. The van der Waals surface area contributed by atoms with Gasteiger partial charge in [0.05, 0.1) is 12.7 Å². The monoisotopic (exact) mass is 248 g/mol. The van der Waals surface area contributed by atoms with E-state index in [2.05, 4.69) is 5.32 Å². The van der Waals surface area contributed by atoms with E-state index >= 15 is 0 Å². The van der Waals surface area contributed by atoms with Gasteiger partial charge in [0.2, 0.25) is 0 Å². The molecule has 0 aliphatic carbocycles. The maximum atomic E-state index is 12.1. The molecule has 1 aromatic rings. The molecule has 1 aliphatic heterocycles. The van der Waals surface area contributed by atoms with E-state index in [0.29, 0.717) is 6.67 Å². The molecular weight excluding hydrogens is 228 g/mol. The van der Waals surface area contributed by atoms with Crippen molar-refractivity contribution in [2.24, 2.45) is 0 Å². The van der Waals surface area contributed by atoms with Gasteiger partial charge in [-0.3, -0.25) is 10.2 Å². The molecule has 18 heavy (non-hydrogen) atoms. The molecule has 0 saturated carbocycles. The topological polar surface area (TPSA) is 41.6 Å². The normalized spacial score (nSPS) is 19.9. The van der Waals surface area contributed by atoms with Gasteiger partial charge in [-0.15, -0.1) is 0 Å². The number of nitrogens with one attached hydrogen (secondary N) is 1. The van der Waals surface area contributed by atoms with Gasteiger partial charge in [0.1, 0.15) is 5.60 Å². The molecule has 0 spiro atoms. The van der Waals surface area contributed by atoms with Gasteiger partial charge >= 0.3 is 6.09 Å². The van der Waals surface area contributed by atoms with Crippen LogP contribution in [-0.4, -0.2) is 29.8 Å².